The fourth-order valence-electron chi connectivity index (χ4n) is 2.74. The van der Waals surface area contributed by atoms with Crippen LogP contribution in [0.4, 0.5) is 10.5 Å². The first-order valence-corrected chi connectivity index (χ1v) is 8.46. The normalized spacial score (nSPS) is 17.0. The minimum absolute atomic E-state index is 0.0604. The molecule has 1 aromatic heterocycles. The summed E-state index contributed by atoms with van der Waals surface area (Å²) in [6.45, 7) is 3.80. The highest BCUT2D eigenvalue weighted by atomic mass is 16.5. The Kier molecular flexibility index (Phi) is 5.66. The monoisotopic (exact) mass is 342 g/mol. The third-order valence-electron chi connectivity index (χ3n) is 3.92. The summed E-state index contributed by atoms with van der Waals surface area (Å²) in [6.07, 6.45) is 4.83. The molecule has 2 amide bonds. The van der Waals surface area contributed by atoms with Gasteiger partial charge in [0.1, 0.15) is 18.2 Å². The van der Waals surface area contributed by atoms with Gasteiger partial charge in [0.15, 0.2) is 0 Å². The molecule has 25 heavy (non-hydrogen) atoms. The van der Waals surface area contributed by atoms with Crippen LogP contribution >= 0.6 is 0 Å². The number of carbonyl (C=O) groups is 1. The van der Waals surface area contributed by atoms with E-state index in [0.29, 0.717) is 25.6 Å². The second-order valence-electron chi connectivity index (χ2n) is 5.76. The average molecular weight is 342 g/mol. The predicted molar refractivity (Wildman–Crippen MR) is 93.9 cm³/mol. The summed E-state index contributed by atoms with van der Waals surface area (Å²) in [4.78, 5) is 22.2. The zero-order valence-corrected chi connectivity index (χ0v) is 14.2. The molecule has 2 aromatic rings. The van der Waals surface area contributed by atoms with Crippen molar-refractivity contribution in [2.45, 2.75) is 25.9 Å². The Morgan fingerprint density at radius 3 is 2.88 bits per heavy atom. The van der Waals surface area contributed by atoms with Crippen molar-refractivity contribution in [3.05, 3.63) is 42.9 Å². The number of nitrogens with zero attached hydrogens (tertiary/aromatic N) is 3. The summed E-state index contributed by atoms with van der Waals surface area (Å²) in [5.74, 6) is 1.32. The molecule has 1 fully saturated rings. The third-order valence-corrected chi connectivity index (χ3v) is 3.92. The molecule has 0 saturated carbocycles. The third kappa shape index (κ3) is 4.82. The highest BCUT2D eigenvalue weighted by molar-refractivity contribution is 5.89. The van der Waals surface area contributed by atoms with Crippen LogP contribution in [0.25, 0.3) is 0 Å². The molecule has 1 aromatic carbocycles. The van der Waals surface area contributed by atoms with Gasteiger partial charge in [-0.15, -0.1) is 0 Å². The van der Waals surface area contributed by atoms with E-state index in [-0.39, 0.29) is 12.1 Å². The molecule has 7 heteroatoms. The summed E-state index contributed by atoms with van der Waals surface area (Å²) in [7, 11) is 0. The number of piperidine rings is 1. The highest BCUT2D eigenvalue weighted by Crippen LogP contribution is 2.19. The van der Waals surface area contributed by atoms with Crippen LogP contribution in [0.15, 0.2) is 42.9 Å². The van der Waals surface area contributed by atoms with Crippen molar-refractivity contribution in [2.75, 3.05) is 25.0 Å². The molecule has 1 aliphatic rings. The molecule has 0 radical (unpaired) electrons. The molecule has 0 bridgehead atoms. The van der Waals surface area contributed by atoms with Crippen molar-refractivity contribution in [3.63, 3.8) is 0 Å². The van der Waals surface area contributed by atoms with E-state index in [2.05, 4.69) is 15.3 Å². The molecule has 1 atom stereocenters. The molecule has 1 aliphatic heterocycles. The highest BCUT2D eigenvalue weighted by Gasteiger charge is 2.25. The minimum atomic E-state index is -0.125. The topological polar surface area (TPSA) is 76.6 Å². The van der Waals surface area contributed by atoms with E-state index in [0.717, 1.165) is 24.3 Å². The molecule has 0 spiro atoms. The number of hydrogen-bond acceptors (Lipinski definition) is 5. The van der Waals surface area contributed by atoms with Crippen LogP contribution in [-0.2, 0) is 0 Å². The lowest BCUT2D eigenvalue weighted by Gasteiger charge is -2.32. The van der Waals surface area contributed by atoms with Crippen LogP contribution in [-0.4, -0.2) is 46.7 Å². The van der Waals surface area contributed by atoms with Crippen molar-refractivity contribution in [1.82, 2.24) is 14.9 Å². The number of amides is 2. The maximum absolute atomic E-state index is 12.5. The van der Waals surface area contributed by atoms with E-state index < -0.39 is 0 Å². The van der Waals surface area contributed by atoms with Crippen molar-refractivity contribution in [2.24, 2.45) is 0 Å². The van der Waals surface area contributed by atoms with Gasteiger partial charge >= 0.3 is 6.03 Å². The van der Waals surface area contributed by atoms with Crippen LogP contribution < -0.4 is 14.8 Å². The Morgan fingerprint density at radius 2 is 2.16 bits per heavy atom. The fourth-order valence-corrected chi connectivity index (χ4v) is 2.74. The van der Waals surface area contributed by atoms with Gasteiger partial charge in [0, 0.05) is 24.5 Å². The summed E-state index contributed by atoms with van der Waals surface area (Å²) >= 11 is 0. The van der Waals surface area contributed by atoms with Crippen LogP contribution in [0.3, 0.4) is 0 Å². The SMILES string of the molecule is CCOc1ccc(NC(=O)N2CCCC(Oc3ccncn3)C2)cc1. The molecule has 3 rings (SSSR count). The van der Waals surface area contributed by atoms with Gasteiger partial charge in [-0.1, -0.05) is 0 Å². The number of benzene rings is 1. The van der Waals surface area contributed by atoms with Gasteiger partial charge < -0.3 is 19.7 Å². The molecule has 2 heterocycles. The summed E-state index contributed by atoms with van der Waals surface area (Å²) in [6, 6.07) is 8.95. The number of likely N-dealkylation sites (tertiary alicyclic amines) is 1. The van der Waals surface area contributed by atoms with E-state index in [1.54, 1.807) is 17.2 Å². The van der Waals surface area contributed by atoms with Gasteiger partial charge in [-0.05, 0) is 44.0 Å². The number of ether oxygens (including phenoxy) is 2. The van der Waals surface area contributed by atoms with Gasteiger partial charge in [0.05, 0.1) is 13.2 Å². The summed E-state index contributed by atoms with van der Waals surface area (Å²) in [5, 5.41) is 2.92. The van der Waals surface area contributed by atoms with Crippen molar-refractivity contribution in [1.29, 1.82) is 0 Å². The number of carbonyl (C=O) groups excluding carboxylic acids is 1. The van der Waals surface area contributed by atoms with Crippen molar-refractivity contribution >= 4 is 11.7 Å². The first-order chi connectivity index (χ1) is 12.2. The summed E-state index contributed by atoms with van der Waals surface area (Å²) in [5.41, 5.74) is 0.743. The van der Waals surface area contributed by atoms with Crippen LogP contribution in [0.1, 0.15) is 19.8 Å². The van der Waals surface area contributed by atoms with Crippen LogP contribution in [0, 0.1) is 0 Å². The first kappa shape index (κ1) is 17.0. The first-order valence-electron chi connectivity index (χ1n) is 8.46. The van der Waals surface area contributed by atoms with Crippen molar-refractivity contribution in [3.8, 4) is 11.6 Å². The Hall–Kier alpha value is -2.83. The maximum Gasteiger partial charge on any atom is 0.321 e. The Morgan fingerprint density at radius 1 is 1.32 bits per heavy atom. The standard InChI is InChI=1S/C18H22N4O3/c1-2-24-15-7-5-14(6-8-15)21-18(23)22-11-3-4-16(12-22)25-17-9-10-19-13-20-17/h5-10,13,16H,2-4,11-12H2,1H3,(H,21,23). The van der Waals surface area contributed by atoms with Gasteiger partial charge in [-0.3, -0.25) is 0 Å². The molecule has 132 valence electrons. The van der Waals surface area contributed by atoms with Gasteiger partial charge in [0.2, 0.25) is 5.88 Å². The van der Waals surface area contributed by atoms with Crippen LogP contribution in [0.5, 0.6) is 11.6 Å². The molecule has 0 aliphatic carbocycles. The second-order valence-corrected chi connectivity index (χ2v) is 5.76. The number of aromatic nitrogens is 2. The zero-order chi connectivity index (χ0) is 17.5. The average Bonchev–Trinajstić information content (AvgIpc) is 2.65. The lowest BCUT2D eigenvalue weighted by atomic mass is 10.1. The lowest BCUT2D eigenvalue weighted by molar-refractivity contribution is 0.102. The lowest BCUT2D eigenvalue weighted by Crippen LogP contribution is -2.46. The zero-order valence-electron chi connectivity index (χ0n) is 14.2. The fraction of sp³-hybridized carbons (Fsp3) is 0.389. The molecule has 1 N–H and O–H groups in total. The Bertz CT molecular complexity index is 678. The van der Waals surface area contributed by atoms with E-state index in [1.165, 1.54) is 6.33 Å². The maximum atomic E-state index is 12.5. The number of rotatable bonds is 5. The molecule has 1 saturated heterocycles. The van der Waals surface area contributed by atoms with Gasteiger partial charge in [0.25, 0.3) is 0 Å². The second kappa shape index (κ2) is 8.32. The molecule has 1 unspecified atom stereocenters. The number of hydrogen-bond donors (Lipinski definition) is 1. The van der Waals surface area contributed by atoms with Gasteiger partial charge in [-0.25, -0.2) is 14.8 Å². The minimum Gasteiger partial charge on any atom is -0.494 e. The van der Waals surface area contributed by atoms with Crippen LogP contribution in [0.2, 0.25) is 0 Å². The van der Waals surface area contributed by atoms with E-state index in [1.807, 2.05) is 31.2 Å². The van der Waals surface area contributed by atoms with E-state index in [4.69, 9.17) is 9.47 Å². The Balaban J connectivity index is 1.54. The summed E-state index contributed by atoms with van der Waals surface area (Å²) < 4.78 is 11.2. The number of urea groups is 1. The van der Waals surface area contributed by atoms with Gasteiger partial charge in [-0.2, -0.15) is 0 Å². The van der Waals surface area contributed by atoms with Crippen molar-refractivity contribution < 1.29 is 14.3 Å². The Labute approximate surface area is 147 Å². The van der Waals surface area contributed by atoms with E-state index in [9.17, 15) is 4.79 Å². The molecular formula is C18H22N4O3. The quantitative estimate of drug-likeness (QED) is 0.904. The van der Waals surface area contributed by atoms with E-state index >= 15 is 0 Å². The predicted octanol–water partition coefficient (Wildman–Crippen LogP) is 2.95. The molecule has 7 nitrogen and oxygen atoms in total. The smallest absolute Gasteiger partial charge is 0.321 e. The molecular weight excluding hydrogens is 320 g/mol. The largest absolute Gasteiger partial charge is 0.494 e. The number of anilines is 1. The number of nitrogens with one attached hydrogen (secondary N) is 1.